The van der Waals surface area contributed by atoms with Crippen LogP contribution in [0.5, 0.6) is 0 Å². The van der Waals surface area contributed by atoms with Crippen LogP contribution in [-0.2, 0) is 9.59 Å². The normalized spacial score (nSPS) is 12.4. The van der Waals surface area contributed by atoms with Crippen LogP contribution in [0.1, 0.15) is 45.6 Å². The van der Waals surface area contributed by atoms with Gasteiger partial charge in [0.2, 0.25) is 12.3 Å². The smallest absolute Gasteiger partial charge is 0.243 e. The highest BCUT2D eigenvalue weighted by Crippen LogP contribution is 2.28. The molecule has 0 spiro atoms. The van der Waals surface area contributed by atoms with Gasteiger partial charge in [-0.25, -0.2) is 10.0 Å². The van der Waals surface area contributed by atoms with Crippen LogP contribution in [0.2, 0.25) is 0 Å². The second kappa shape index (κ2) is 9.22. The third kappa shape index (κ3) is 6.95. The highest BCUT2D eigenvalue weighted by molar-refractivity contribution is 5.80. The van der Waals surface area contributed by atoms with Gasteiger partial charge in [-0.05, 0) is 42.9 Å². The number of hydrazine groups is 1. The fourth-order valence-corrected chi connectivity index (χ4v) is 2.15. The summed E-state index contributed by atoms with van der Waals surface area (Å²) in [4.78, 5) is 27.2. The van der Waals surface area contributed by atoms with E-state index in [4.69, 9.17) is 0 Å². The lowest BCUT2D eigenvalue weighted by Crippen LogP contribution is -2.40. The molecule has 24 heavy (non-hydrogen) atoms. The Balaban J connectivity index is 2.66. The van der Waals surface area contributed by atoms with Crippen molar-refractivity contribution in [2.24, 2.45) is 11.3 Å². The summed E-state index contributed by atoms with van der Waals surface area (Å²) < 4.78 is 0. The third-order valence-corrected chi connectivity index (χ3v) is 4.26. The summed E-state index contributed by atoms with van der Waals surface area (Å²) in [6.45, 7) is 8.25. The maximum absolute atomic E-state index is 12.4. The molecule has 7 nitrogen and oxygen atoms in total. The Morgan fingerprint density at radius 2 is 2.21 bits per heavy atom. The van der Waals surface area contributed by atoms with E-state index in [0.29, 0.717) is 23.7 Å². The van der Waals surface area contributed by atoms with E-state index in [1.165, 1.54) is 0 Å². The van der Waals surface area contributed by atoms with Crippen LogP contribution in [0, 0.1) is 18.3 Å². The second-order valence-corrected chi connectivity index (χ2v) is 6.81. The zero-order chi connectivity index (χ0) is 18.2. The van der Waals surface area contributed by atoms with Crippen LogP contribution >= 0.6 is 0 Å². The number of aryl methyl sites for hydroxylation is 1. The molecule has 7 heteroatoms. The molecule has 3 N–H and O–H groups in total. The number of pyridine rings is 1. The molecule has 2 amide bonds. The Morgan fingerprint density at radius 1 is 1.50 bits per heavy atom. The molecular weight excluding hydrogens is 308 g/mol. The molecule has 0 fully saturated rings. The number of anilines is 1. The van der Waals surface area contributed by atoms with Gasteiger partial charge in [0.05, 0.1) is 12.5 Å². The van der Waals surface area contributed by atoms with Crippen LogP contribution in [0.4, 0.5) is 5.82 Å². The highest BCUT2D eigenvalue weighted by Gasteiger charge is 2.24. The van der Waals surface area contributed by atoms with E-state index in [1.807, 2.05) is 13.0 Å². The van der Waals surface area contributed by atoms with E-state index in [1.54, 1.807) is 12.3 Å². The van der Waals surface area contributed by atoms with Gasteiger partial charge in [-0.1, -0.05) is 27.2 Å². The van der Waals surface area contributed by atoms with E-state index in [9.17, 15) is 14.8 Å². The third-order valence-electron chi connectivity index (χ3n) is 4.26. The summed E-state index contributed by atoms with van der Waals surface area (Å²) in [5, 5.41) is 9.95. The first kappa shape index (κ1) is 19.9. The van der Waals surface area contributed by atoms with E-state index >= 15 is 0 Å². The van der Waals surface area contributed by atoms with Gasteiger partial charge in [0, 0.05) is 6.20 Å². The first-order chi connectivity index (χ1) is 11.3. The number of nitrogens with zero attached hydrogens (tertiary/aromatic N) is 2. The van der Waals surface area contributed by atoms with Crippen molar-refractivity contribution in [2.45, 2.75) is 47.0 Å². The van der Waals surface area contributed by atoms with Crippen molar-refractivity contribution in [3.05, 3.63) is 23.9 Å². The molecule has 0 aliphatic carbocycles. The number of carbonyl (C=O) groups is 2. The van der Waals surface area contributed by atoms with Gasteiger partial charge >= 0.3 is 0 Å². The highest BCUT2D eigenvalue weighted by atomic mass is 16.5. The predicted octanol–water partition coefficient (Wildman–Crippen LogP) is 2.51. The van der Waals surface area contributed by atoms with Crippen molar-refractivity contribution < 1.29 is 14.8 Å². The molecule has 0 radical (unpaired) electrons. The Kier molecular flexibility index (Phi) is 7.64. The molecule has 0 saturated carbocycles. The van der Waals surface area contributed by atoms with Crippen molar-refractivity contribution in [3.63, 3.8) is 0 Å². The zero-order valence-corrected chi connectivity index (χ0v) is 14.9. The SMILES string of the molecule is CCC(C)(C)CC[C@H](CN(O)C=O)C(=O)NNc1cc(C)ccn1. The minimum Gasteiger partial charge on any atom is -0.286 e. The Labute approximate surface area is 143 Å². The number of nitrogens with one attached hydrogen (secondary N) is 2. The van der Waals surface area contributed by atoms with E-state index in [0.717, 1.165) is 18.4 Å². The predicted molar refractivity (Wildman–Crippen MR) is 92.1 cm³/mol. The molecule has 1 aromatic rings. The summed E-state index contributed by atoms with van der Waals surface area (Å²) in [5.41, 5.74) is 6.50. The average molecular weight is 336 g/mol. The van der Waals surface area contributed by atoms with Crippen molar-refractivity contribution >= 4 is 18.1 Å². The molecule has 0 unspecified atom stereocenters. The Bertz CT molecular complexity index is 548. The lowest BCUT2D eigenvalue weighted by atomic mass is 9.82. The van der Waals surface area contributed by atoms with Gasteiger partial charge in [-0.15, -0.1) is 0 Å². The molecule has 134 valence electrons. The van der Waals surface area contributed by atoms with Gasteiger partial charge < -0.3 is 0 Å². The monoisotopic (exact) mass is 336 g/mol. The summed E-state index contributed by atoms with van der Waals surface area (Å²) >= 11 is 0. The first-order valence-corrected chi connectivity index (χ1v) is 8.16. The van der Waals surface area contributed by atoms with Crippen LogP contribution < -0.4 is 10.9 Å². The fraction of sp³-hybridized carbons (Fsp3) is 0.588. The van der Waals surface area contributed by atoms with Crippen molar-refractivity contribution in [1.82, 2.24) is 15.5 Å². The maximum Gasteiger partial charge on any atom is 0.243 e. The van der Waals surface area contributed by atoms with Gasteiger partial charge in [0.1, 0.15) is 5.82 Å². The molecule has 0 aliphatic rings. The van der Waals surface area contributed by atoms with Crippen molar-refractivity contribution in [2.75, 3.05) is 12.0 Å². The zero-order valence-electron chi connectivity index (χ0n) is 14.9. The summed E-state index contributed by atoms with van der Waals surface area (Å²) in [7, 11) is 0. The van der Waals surface area contributed by atoms with Crippen LogP contribution in [0.25, 0.3) is 0 Å². The van der Waals surface area contributed by atoms with E-state index < -0.39 is 5.92 Å². The molecule has 0 aromatic carbocycles. The lowest BCUT2D eigenvalue weighted by molar-refractivity contribution is -0.154. The number of amides is 2. The maximum atomic E-state index is 12.4. The van der Waals surface area contributed by atoms with Crippen molar-refractivity contribution in [1.29, 1.82) is 0 Å². The van der Waals surface area contributed by atoms with Gasteiger partial charge in [-0.2, -0.15) is 0 Å². The van der Waals surface area contributed by atoms with Gasteiger partial charge in [0.25, 0.3) is 0 Å². The number of hydrogen-bond acceptors (Lipinski definition) is 5. The minimum atomic E-state index is -0.511. The Morgan fingerprint density at radius 3 is 2.79 bits per heavy atom. The molecule has 1 atom stereocenters. The molecule has 0 saturated heterocycles. The molecule has 1 heterocycles. The Hall–Kier alpha value is -2.15. The fourth-order valence-electron chi connectivity index (χ4n) is 2.15. The largest absolute Gasteiger partial charge is 0.286 e. The molecule has 1 aromatic heterocycles. The van der Waals surface area contributed by atoms with E-state index in [-0.39, 0.29) is 17.9 Å². The quantitative estimate of drug-likeness (QED) is 0.347. The number of hydrogen-bond donors (Lipinski definition) is 3. The number of rotatable bonds is 10. The average Bonchev–Trinajstić information content (AvgIpc) is 2.56. The molecule has 1 rings (SSSR count). The van der Waals surface area contributed by atoms with Crippen LogP contribution in [-0.4, -0.2) is 34.1 Å². The van der Waals surface area contributed by atoms with Crippen LogP contribution in [0.3, 0.4) is 0 Å². The summed E-state index contributed by atoms with van der Waals surface area (Å²) in [6.07, 6.45) is 4.33. The summed E-state index contributed by atoms with van der Waals surface area (Å²) in [5.74, 6) is -0.262. The van der Waals surface area contributed by atoms with Crippen molar-refractivity contribution in [3.8, 4) is 0 Å². The van der Waals surface area contributed by atoms with Crippen LogP contribution in [0.15, 0.2) is 18.3 Å². The number of carbonyl (C=O) groups excluding carboxylic acids is 2. The van der Waals surface area contributed by atoms with Gasteiger partial charge in [0.15, 0.2) is 0 Å². The van der Waals surface area contributed by atoms with E-state index in [2.05, 4.69) is 36.6 Å². The first-order valence-electron chi connectivity index (χ1n) is 8.16. The standard InChI is InChI=1S/C17H28N4O3/c1-5-17(3,4)8-6-14(11-21(24)12-22)16(23)20-19-15-10-13(2)7-9-18-15/h7,9-10,12,14,24H,5-6,8,11H2,1-4H3,(H,18,19)(H,20,23)/t14-/m1/s1. The second-order valence-electron chi connectivity index (χ2n) is 6.81. The number of hydroxylamine groups is 2. The minimum absolute atomic E-state index is 0.0436. The summed E-state index contributed by atoms with van der Waals surface area (Å²) in [6, 6.07) is 3.66. The molecule has 0 bridgehead atoms. The molecular formula is C17H28N4O3. The number of aromatic nitrogens is 1. The molecule has 0 aliphatic heterocycles. The lowest BCUT2D eigenvalue weighted by Gasteiger charge is -2.26. The van der Waals surface area contributed by atoms with Gasteiger partial charge in [-0.3, -0.25) is 25.6 Å². The topological polar surface area (TPSA) is 94.6 Å².